The number of nitrogens with zero attached hydrogens (tertiary/aromatic N) is 2. The minimum absolute atomic E-state index is 0.0563. The predicted octanol–water partition coefficient (Wildman–Crippen LogP) is 1.61. The molecule has 1 heterocycles. The topological polar surface area (TPSA) is 47.0 Å². The van der Waals surface area contributed by atoms with Crippen LogP contribution in [0.1, 0.15) is 18.4 Å². The Morgan fingerprint density at radius 2 is 2.06 bits per heavy atom. The lowest BCUT2D eigenvalue weighted by Gasteiger charge is -2.10. The Kier molecular flexibility index (Phi) is 4.05. The molecular weight excluding hydrogens is 223 g/mol. The second-order valence-corrected chi connectivity index (χ2v) is 2.97. The minimum atomic E-state index is -4.49. The summed E-state index contributed by atoms with van der Waals surface area (Å²) in [5.74, 6) is -0.00384. The molecule has 0 saturated carbocycles. The van der Waals surface area contributed by atoms with Crippen molar-refractivity contribution in [2.75, 3.05) is 13.7 Å². The van der Waals surface area contributed by atoms with E-state index in [4.69, 9.17) is 4.74 Å². The second-order valence-electron chi connectivity index (χ2n) is 2.97. The lowest BCUT2D eigenvalue weighted by molar-refractivity contribution is -0.141. The summed E-state index contributed by atoms with van der Waals surface area (Å²) in [6, 6.07) is 0.794. The van der Waals surface area contributed by atoms with E-state index in [1.54, 1.807) is 14.0 Å². The number of hydrogen-bond acceptors (Lipinski definition) is 4. The molecule has 0 bridgehead atoms. The van der Waals surface area contributed by atoms with Gasteiger partial charge in [-0.3, -0.25) is 0 Å². The molecule has 0 radical (unpaired) electrons. The van der Waals surface area contributed by atoms with E-state index in [0.29, 0.717) is 0 Å². The molecule has 4 nitrogen and oxygen atoms in total. The van der Waals surface area contributed by atoms with Gasteiger partial charge in [0.05, 0.1) is 13.2 Å². The molecule has 0 unspecified atom stereocenters. The highest BCUT2D eigenvalue weighted by atomic mass is 19.4. The van der Waals surface area contributed by atoms with Gasteiger partial charge in [-0.1, -0.05) is 0 Å². The van der Waals surface area contributed by atoms with E-state index in [-0.39, 0.29) is 24.9 Å². The van der Waals surface area contributed by atoms with Gasteiger partial charge >= 0.3 is 6.18 Å². The lowest BCUT2D eigenvalue weighted by Crippen LogP contribution is -2.15. The zero-order valence-electron chi connectivity index (χ0n) is 8.93. The fraction of sp³-hybridized carbons (Fsp3) is 0.556. The number of hydrogen-bond donors (Lipinski definition) is 1. The van der Waals surface area contributed by atoms with Crippen molar-refractivity contribution in [3.05, 3.63) is 17.6 Å². The van der Waals surface area contributed by atoms with Crippen LogP contribution in [0.2, 0.25) is 0 Å². The zero-order chi connectivity index (χ0) is 12.2. The number of halogens is 3. The summed E-state index contributed by atoms with van der Waals surface area (Å²) in [6.07, 6.45) is -4.49. The highest BCUT2D eigenvalue weighted by molar-refractivity contribution is 5.18. The standard InChI is InChI=1S/C9H12F3N3O/c1-3-16-8-4-6(9(10,11)12)14-7(15-8)5-13-2/h4,13H,3,5H2,1-2H3. The van der Waals surface area contributed by atoms with Crippen LogP contribution in [0.3, 0.4) is 0 Å². The molecule has 0 aromatic carbocycles. The van der Waals surface area contributed by atoms with Crippen LogP contribution in [-0.4, -0.2) is 23.6 Å². The van der Waals surface area contributed by atoms with Crippen molar-refractivity contribution in [3.63, 3.8) is 0 Å². The third-order valence-corrected chi connectivity index (χ3v) is 1.67. The van der Waals surface area contributed by atoms with Crippen molar-refractivity contribution in [2.45, 2.75) is 19.6 Å². The fourth-order valence-electron chi connectivity index (χ4n) is 1.08. The number of alkyl halides is 3. The summed E-state index contributed by atoms with van der Waals surface area (Å²) in [5.41, 5.74) is -0.990. The average molecular weight is 235 g/mol. The van der Waals surface area contributed by atoms with Gasteiger partial charge in [0.1, 0.15) is 5.82 Å². The van der Waals surface area contributed by atoms with Crippen LogP contribution < -0.4 is 10.1 Å². The molecule has 1 N–H and O–H groups in total. The van der Waals surface area contributed by atoms with Crippen LogP contribution in [0.15, 0.2) is 6.07 Å². The molecule has 0 saturated heterocycles. The van der Waals surface area contributed by atoms with Gasteiger partial charge in [0.2, 0.25) is 5.88 Å². The Balaban J connectivity index is 3.08. The quantitative estimate of drug-likeness (QED) is 0.861. The molecular formula is C9H12F3N3O. The molecule has 7 heteroatoms. The maximum atomic E-state index is 12.5. The van der Waals surface area contributed by atoms with Gasteiger partial charge in [-0.2, -0.15) is 18.2 Å². The van der Waals surface area contributed by atoms with E-state index in [1.807, 2.05) is 0 Å². The number of rotatable bonds is 4. The van der Waals surface area contributed by atoms with Crippen molar-refractivity contribution in [2.24, 2.45) is 0 Å². The van der Waals surface area contributed by atoms with Gasteiger partial charge in [-0.05, 0) is 14.0 Å². The third kappa shape index (κ3) is 3.34. The first-order chi connectivity index (χ1) is 7.47. The lowest BCUT2D eigenvalue weighted by atomic mass is 10.3. The van der Waals surface area contributed by atoms with Crippen LogP contribution in [0.4, 0.5) is 13.2 Å². The van der Waals surface area contributed by atoms with Crippen LogP contribution in [-0.2, 0) is 12.7 Å². The Labute approximate surface area is 90.9 Å². The van der Waals surface area contributed by atoms with E-state index >= 15 is 0 Å². The second kappa shape index (κ2) is 5.11. The SMILES string of the molecule is CCOc1cc(C(F)(F)F)nc(CNC)n1. The Morgan fingerprint density at radius 1 is 1.38 bits per heavy atom. The van der Waals surface area contributed by atoms with E-state index in [2.05, 4.69) is 15.3 Å². The van der Waals surface area contributed by atoms with Crippen molar-refractivity contribution < 1.29 is 17.9 Å². The molecule has 1 aromatic heterocycles. The Morgan fingerprint density at radius 3 is 2.56 bits per heavy atom. The first-order valence-electron chi connectivity index (χ1n) is 4.70. The summed E-state index contributed by atoms with van der Waals surface area (Å²) in [6.45, 7) is 2.09. The van der Waals surface area contributed by atoms with Crippen LogP contribution >= 0.6 is 0 Å². The van der Waals surface area contributed by atoms with Crippen LogP contribution in [0, 0.1) is 0 Å². The molecule has 1 aromatic rings. The number of ether oxygens (including phenoxy) is 1. The number of aromatic nitrogens is 2. The summed E-state index contributed by atoms with van der Waals surface area (Å²) in [4.78, 5) is 7.23. The summed E-state index contributed by atoms with van der Waals surface area (Å²) >= 11 is 0. The van der Waals surface area contributed by atoms with Gasteiger partial charge in [0.25, 0.3) is 0 Å². The summed E-state index contributed by atoms with van der Waals surface area (Å²) < 4.78 is 42.3. The molecule has 0 spiro atoms. The van der Waals surface area contributed by atoms with Gasteiger partial charge < -0.3 is 10.1 Å². The van der Waals surface area contributed by atoms with Crippen LogP contribution in [0.5, 0.6) is 5.88 Å². The molecule has 90 valence electrons. The van der Waals surface area contributed by atoms with E-state index in [1.165, 1.54) is 0 Å². The van der Waals surface area contributed by atoms with Gasteiger partial charge in [-0.15, -0.1) is 0 Å². The molecule has 0 fully saturated rings. The van der Waals surface area contributed by atoms with Crippen molar-refractivity contribution in [3.8, 4) is 5.88 Å². The normalized spacial score (nSPS) is 11.6. The third-order valence-electron chi connectivity index (χ3n) is 1.67. The molecule has 0 amide bonds. The number of nitrogens with one attached hydrogen (secondary N) is 1. The van der Waals surface area contributed by atoms with E-state index in [9.17, 15) is 13.2 Å². The van der Waals surface area contributed by atoms with E-state index < -0.39 is 11.9 Å². The van der Waals surface area contributed by atoms with Crippen molar-refractivity contribution >= 4 is 0 Å². The zero-order valence-corrected chi connectivity index (χ0v) is 8.93. The Hall–Kier alpha value is -1.37. The fourth-order valence-corrected chi connectivity index (χ4v) is 1.08. The highest BCUT2D eigenvalue weighted by Gasteiger charge is 2.33. The first-order valence-corrected chi connectivity index (χ1v) is 4.70. The molecule has 0 aliphatic rings. The maximum Gasteiger partial charge on any atom is 0.433 e. The van der Waals surface area contributed by atoms with Gasteiger partial charge in [0, 0.05) is 6.07 Å². The Bertz CT molecular complexity index is 330. The molecule has 0 aliphatic heterocycles. The van der Waals surface area contributed by atoms with Gasteiger partial charge in [0.15, 0.2) is 5.69 Å². The van der Waals surface area contributed by atoms with Crippen molar-refractivity contribution in [1.29, 1.82) is 0 Å². The summed E-state index contributed by atoms with van der Waals surface area (Å²) in [7, 11) is 1.60. The molecule has 0 atom stereocenters. The van der Waals surface area contributed by atoms with Gasteiger partial charge in [-0.25, -0.2) is 4.98 Å². The molecule has 1 rings (SSSR count). The predicted molar refractivity (Wildman–Crippen MR) is 51.0 cm³/mol. The largest absolute Gasteiger partial charge is 0.478 e. The molecule has 16 heavy (non-hydrogen) atoms. The average Bonchev–Trinajstić information content (AvgIpc) is 2.17. The first kappa shape index (κ1) is 12.7. The monoisotopic (exact) mass is 235 g/mol. The summed E-state index contributed by atoms with van der Waals surface area (Å²) in [5, 5.41) is 2.68. The highest BCUT2D eigenvalue weighted by Crippen LogP contribution is 2.29. The maximum absolute atomic E-state index is 12.5. The van der Waals surface area contributed by atoms with Crippen LogP contribution in [0.25, 0.3) is 0 Å². The minimum Gasteiger partial charge on any atom is -0.478 e. The van der Waals surface area contributed by atoms with E-state index in [0.717, 1.165) is 6.07 Å². The smallest absolute Gasteiger partial charge is 0.433 e. The van der Waals surface area contributed by atoms with Crippen molar-refractivity contribution in [1.82, 2.24) is 15.3 Å². The molecule has 0 aliphatic carbocycles.